The minimum absolute atomic E-state index is 0.129. The van der Waals surface area contributed by atoms with Gasteiger partial charge in [-0.2, -0.15) is 0 Å². The van der Waals surface area contributed by atoms with Gasteiger partial charge in [-0.1, -0.05) is 13.0 Å². The van der Waals surface area contributed by atoms with E-state index in [0.717, 1.165) is 11.3 Å². The molecular weight excluding hydrogens is 320 g/mol. The Hall–Kier alpha value is -2.76. The molecule has 6 nitrogen and oxygen atoms in total. The van der Waals surface area contributed by atoms with Crippen molar-refractivity contribution in [2.45, 2.75) is 26.3 Å². The molecule has 0 saturated carbocycles. The highest BCUT2D eigenvalue weighted by Crippen LogP contribution is 2.34. The maximum atomic E-state index is 12.9. The predicted molar refractivity (Wildman–Crippen MR) is 94.4 cm³/mol. The van der Waals surface area contributed by atoms with Gasteiger partial charge in [0.1, 0.15) is 13.2 Å². The van der Waals surface area contributed by atoms with Crippen LogP contribution in [0.25, 0.3) is 0 Å². The van der Waals surface area contributed by atoms with Crippen molar-refractivity contribution in [1.82, 2.24) is 9.88 Å². The van der Waals surface area contributed by atoms with Crippen LogP contribution in [-0.4, -0.2) is 36.1 Å². The van der Waals surface area contributed by atoms with Crippen molar-refractivity contribution in [3.63, 3.8) is 0 Å². The number of aryl methyl sites for hydroxylation is 1. The summed E-state index contributed by atoms with van der Waals surface area (Å²) in [6.07, 6.45) is 0.587. The van der Waals surface area contributed by atoms with Gasteiger partial charge in [-0.3, -0.25) is 9.59 Å². The third kappa shape index (κ3) is 3.38. The zero-order valence-corrected chi connectivity index (χ0v) is 14.7. The number of benzene rings is 1. The first-order valence-corrected chi connectivity index (χ1v) is 8.40. The largest absolute Gasteiger partial charge is 0.486 e. The van der Waals surface area contributed by atoms with E-state index in [1.165, 1.54) is 6.07 Å². The predicted octanol–water partition coefficient (Wildman–Crippen LogP) is 2.54. The molecule has 1 N–H and O–H groups in total. The highest BCUT2D eigenvalue weighted by Gasteiger charge is 2.23. The van der Waals surface area contributed by atoms with Crippen LogP contribution in [0.15, 0.2) is 35.1 Å². The van der Waals surface area contributed by atoms with Gasteiger partial charge in [0.15, 0.2) is 11.5 Å². The van der Waals surface area contributed by atoms with E-state index in [1.54, 1.807) is 18.0 Å². The van der Waals surface area contributed by atoms with Gasteiger partial charge in [0.05, 0.1) is 11.6 Å². The first kappa shape index (κ1) is 17.1. The molecule has 1 amide bonds. The molecule has 0 spiro atoms. The maximum Gasteiger partial charge on any atom is 0.255 e. The fraction of sp³-hybridized carbons (Fsp3) is 0.368. The number of rotatable bonds is 4. The molecule has 3 rings (SSSR count). The average molecular weight is 342 g/mol. The van der Waals surface area contributed by atoms with Gasteiger partial charge in [0.25, 0.3) is 5.91 Å². The zero-order chi connectivity index (χ0) is 18.0. The van der Waals surface area contributed by atoms with E-state index < -0.39 is 0 Å². The molecule has 1 aromatic heterocycles. The SMILES string of the molecule is CCc1[nH]c(=O)ccc1C(=O)N(C)C(C)c1ccc2c(c1)OCCO2. The van der Waals surface area contributed by atoms with E-state index in [2.05, 4.69) is 4.98 Å². The standard InChI is InChI=1S/C19H22N2O4/c1-4-15-14(6-8-18(22)20-15)19(23)21(3)12(2)13-5-7-16-17(11-13)25-10-9-24-16/h5-8,11-12H,4,9-10H2,1-3H3,(H,20,22). The normalized spacial score (nSPS) is 14.0. The number of fused-ring (bicyclic) bond motifs is 1. The van der Waals surface area contributed by atoms with Gasteiger partial charge >= 0.3 is 0 Å². The lowest BCUT2D eigenvalue weighted by molar-refractivity contribution is 0.0740. The summed E-state index contributed by atoms with van der Waals surface area (Å²) in [5.41, 5.74) is 1.94. The minimum atomic E-state index is -0.198. The lowest BCUT2D eigenvalue weighted by Gasteiger charge is -2.27. The van der Waals surface area contributed by atoms with E-state index in [1.807, 2.05) is 32.0 Å². The lowest BCUT2D eigenvalue weighted by atomic mass is 10.0. The van der Waals surface area contributed by atoms with Crippen LogP contribution in [0.1, 0.15) is 41.5 Å². The van der Waals surface area contributed by atoms with Gasteiger partial charge < -0.3 is 19.4 Å². The number of hydrogen-bond donors (Lipinski definition) is 1. The van der Waals surface area contributed by atoms with E-state index in [4.69, 9.17) is 9.47 Å². The van der Waals surface area contributed by atoms with E-state index in [-0.39, 0.29) is 17.5 Å². The van der Waals surface area contributed by atoms with Crippen molar-refractivity contribution >= 4 is 5.91 Å². The molecule has 25 heavy (non-hydrogen) atoms. The van der Waals surface area contributed by atoms with Crippen molar-refractivity contribution < 1.29 is 14.3 Å². The second kappa shape index (κ2) is 7.01. The van der Waals surface area contributed by atoms with Crippen LogP contribution >= 0.6 is 0 Å². The highest BCUT2D eigenvalue weighted by molar-refractivity contribution is 5.95. The van der Waals surface area contributed by atoms with Gasteiger partial charge in [-0.25, -0.2) is 0 Å². The van der Waals surface area contributed by atoms with Gasteiger partial charge in [0, 0.05) is 18.8 Å². The Morgan fingerprint density at radius 2 is 1.92 bits per heavy atom. The fourth-order valence-electron chi connectivity index (χ4n) is 2.91. The first-order valence-electron chi connectivity index (χ1n) is 8.40. The van der Waals surface area contributed by atoms with E-state index >= 15 is 0 Å². The monoisotopic (exact) mass is 342 g/mol. The molecule has 1 aromatic carbocycles. The van der Waals surface area contributed by atoms with Crippen molar-refractivity contribution in [3.8, 4) is 11.5 Å². The van der Waals surface area contributed by atoms with Gasteiger partial charge in [-0.15, -0.1) is 0 Å². The second-order valence-electron chi connectivity index (χ2n) is 6.06. The average Bonchev–Trinajstić information content (AvgIpc) is 2.65. The fourth-order valence-corrected chi connectivity index (χ4v) is 2.91. The molecule has 2 aromatic rings. The van der Waals surface area contributed by atoms with Crippen LogP contribution in [0.3, 0.4) is 0 Å². The number of aromatic nitrogens is 1. The molecule has 132 valence electrons. The molecule has 0 aliphatic carbocycles. The third-order valence-electron chi connectivity index (χ3n) is 4.53. The van der Waals surface area contributed by atoms with Crippen LogP contribution < -0.4 is 15.0 Å². The van der Waals surface area contributed by atoms with Crippen LogP contribution in [0.4, 0.5) is 0 Å². The Kier molecular flexibility index (Phi) is 4.79. The first-order chi connectivity index (χ1) is 12.0. The summed E-state index contributed by atoms with van der Waals surface area (Å²) in [6.45, 7) is 4.94. The van der Waals surface area contributed by atoms with Crippen LogP contribution in [0.5, 0.6) is 11.5 Å². The number of nitrogens with zero attached hydrogens (tertiary/aromatic N) is 1. The Labute approximate surface area is 146 Å². The van der Waals surface area contributed by atoms with Crippen molar-refractivity contribution in [3.05, 3.63) is 57.5 Å². The summed E-state index contributed by atoms with van der Waals surface area (Å²) in [4.78, 5) is 28.8. The number of aromatic amines is 1. The molecular formula is C19H22N2O4. The molecule has 0 fully saturated rings. The smallest absolute Gasteiger partial charge is 0.255 e. The number of amides is 1. The molecule has 2 heterocycles. The summed E-state index contributed by atoms with van der Waals surface area (Å²) in [5, 5.41) is 0. The number of pyridine rings is 1. The second-order valence-corrected chi connectivity index (χ2v) is 6.06. The Bertz CT molecular complexity index is 844. The maximum absolute atomic E-state index is 12.9. The molecule has 1 unspecified atom stereocenters. The number of carbonyl (C=O) groups is 1. The van der Waals surface area contributed by atoms with E-state index in [9.17, 15) is 9.59 Å². The number of H-pyrrole nitrogens is 1. The summed E-state index contributed by atoms with van der Waals surface area (Å²) in [7, 11) is 1.76. The van der Waals surface area contributed by atoms with Crippen LogP contribution in [0, 0.1) is 0 Å². The van der Waals surface area contributed by atoms with Gasteiger partial charge in [-0.05, 0) is 37.1 Å². The lowest BCUT2D eigenvalue weighted by Crippen LogP contribution is -2.31. The summed E-state index contributed by atoms with van der Waals surface area (Å²) < 4.78 is 11.2. The third-order valence-corrected chi connectivity index (χ3v) is 4.53. The number of nitrogens with one attached hydrogen (secondary N) is 1. The number of ether oxygens (including phenoxy) is 2. The van der Waals surface area contributed by atoms with Crippen LogP contribution in [0.2, 0.25) is 0 Å². The van der Waals surface area contributed by atoms with Crippen molar-refractivity contribution in [2.24, 2.45) is 0 Å². The topological polar surface area (TPSA) is 71.6 Å². The summed E-state index contributed by atoms with van der Waals surface area (Å²) >= 11 is 0. The zero-order valence-electron chi connectivity index (χ0n) is 14.7. The Balaban J connectivity index is 1.86. The van der Waals surface area contributed by atoms with Gasteiger partial charge in [0.2, 0.25) is 5.56 Å². The van der Waals surface area contributed by atoms with Crippen molar-refractivity contribution in [1.29, 1.82) is 0 Å². The molecule has 0 saturated heterocycles. The number of carbonyl (C=O) groups excluding carboxylic acids is 1. The molecule has 1 aliphatic heterocycles. The summed E-state index contributed by atoms with van der Waals surface area (Å²) in [5.74, 6) is 1.30. The highest BCUT2D eigenvalue weighted by atomic mass is 16.6. The molecule has 1 aliphatic rings. The Morgan fingerprint density at radius 1 is 1.20 bits per heavy atom. The van der Waals surface area contributed by atoms with Crippen molar-refractivity contribution in [2.75, 3.05) is 20.3 Å². The molecule has 6 heteroatoms. The van der Waals surface area contributed by atoms with Crippen LogP contribution in [-0.2, 0) is 6.42 Å². The molecule has 0 radical (unpaired) electrons. The molecule has 0 bridgehead atoms. The minimum Gasteiger partial charge on any atom is -0.486 e. The Morgan fingerprint density at radius 3 is 2.64 bits per heavy atom. The molecule has 1 atom stereocenters. The number of hydrogen-bond acceptors (Lipinski definition) is 4. The van der Waals surface area contributed by atoms with E-state index in [0.29, 0.717) is 36.6 Å². The summed E-state index contributed by atoms with van der Waals surface area (Å²) in [6, 6.07) is 8.55. The quantitative estimate of drug-likeness (QED) is 0.927.